The van der Waals surface area contributed by atoms with Crippen molar-refractivity contribution >= 4 is 160 Å². The number of halogens is 13. The number of aryl methyl sites for hydroxylation is 1. The van der Waals surface area contributed by atoms with Crippen LogP contribution in [0, 0.1) is 24.1 Å². The third-order valence-corrected chi connectivity index (χ3v) is 22.6. The summed E-state index contributed by atoms with van der Waals surface area (Å²) in [7, 11) is 58.7. The minimum absolute atomic E-state index is 0.0206. The fraction of sp³-hybridized carbons (Fsp3) is 0.217. The van der Waals surface area contributed by atoms with Crippen LogP contribution in [0.25, 0.3) is 66.8 Å². The van der Waals surface area contributed by atoms with E-state index in [1.165, 1.54) is 63.3 Å². The van der Waals surface area contributed by atoms with Gasteiger partial charge in [-0.25, -0.2) is 4.39 Å². The molecule has 146 heavy (non-hydrogen) atoms. The normalized spacial score (nSPS) is 12.9. The molecule has 31 heteroatoms. The van der Waals surface area contributed by atoms with Crippen LogP contribution in [0.4, 0.5) is 15.8 Å². The van der Waals surface area contributed by atoms with E-state index < -0.39 is 108 Å². The molecule has 2 fully saturated rings. The second-order valence-corrected chi connectivity index (χ2v) is 49.2. The van der Waals surface area contributed by atoms with Gasteiger partial charge in [0.25, 0.3) is 0 Å². The summed E-state index contributed by atoms with van der Waals surface area (Å²) in [5.41, 5.74) is 17.8. The van der Waals surface area contributed by atoms with Crippen LogP contribution in [-0.2, 0) is 102 Å². The Hall–Kier alpha value is -6.40. The minimum atomic E-state index is -0.556. The standard InChI is InChI=1S/C23H29NO.C20H17NO.C19H14FNO.C19H21NO.C18H21NO.C16H17NO.12ClH.6Ti/c1-23(2,3)19-12-14-20(15-13-19)24-16-18-10-7-11-21(22(18)25)17-8-5-4-6-9-17;1-15-12-17(14-21-18-10-6-3-7-11-18)20(22)19(13-15)16-8-4-2-5-9-16;20-16-11-15(13-21-17-9-5-2-6-10-17)19(22)18(12-16)14-7-3-1-4-8-14;21-19-16(14-20-17-11-5-2-6-12-17)10-7-13-18(19)15-8-3-1-4-9-15;1-3-16(4-2)19-13-15-11-8-12-17(18(15)20)14-9-6-5-7-10-14;1-12(2)17-11-14-9-6-10-15(16(14)18)13-7-4-3-5-8-13;;;;;;;;;;;;;;;;;;/h4-11,16,19-20,25H,12-15H2,1-3H3;2-14,22H,1H3;1-13,22H;1,3-4,7-10,13-14,17,21H,2,5-6,11-12H2;5-13,16,20H,3-4H2,1-2H3;3-12,18H,1-2H3;12*1H;;;;;;/q;;;;;;;;;;;;;;;;;;6*+2/p-12. The maximum atomic E-state index is 13.8. The van der Waals surface area contributed by atoms with E-state index >= 15 is 0 Å². The topological polar surface area (TPSA) is 196 Å². The van der Waals surface area contributed by atoms with Gasteiger partial charge in [-0.15, -0.1) is 0 Å². The predicted molar refractivity (Wildman–Crippen MR) is 606 cm³/mol. The summed E-state index contributed by atoms with van der Waals surface area (Å²) in [6, 6.07) is 109. The molecule has 2 aliphatic rings. The van der Waals surface area contributed by atoms with E-state index in [9.17, 15) is 35.0 Å². The van der Waals surface area contributed by atoms with Gasteiger partial charge in [-0.3, -0.25) is 30.0 Å². The number of phenols is 6. The Labute approximate surface area is 962 Å². The summed E-state index contributed by atoms with van der Waals surface area (Å²) >= 11 is -3.33. The third kappa shape index (κ3) is 49.6. The molecule has 0 spiro atoms. The van der Waals surface area contributed by atoms with Gasteiger partial charge in [0.1, 0.15) is 40.3 Å². The van der Waals surface area contributed by atoms with E-state index in [0.29, 0.717) is 51.9 Å². The summed E-state index contributed by atoms with van der Waals surface area (Å²) in [5, 5.41) is 62.7. The van der Waals surface area contributed by atoms with Crippen molar-refractivity contribution in [1.82, 2.24) is 0 Å². The number of aliphatic imine (C=N–C) groups is 6. The molecule has 14 aromatic rings. The fourth-order valence-corrected chi connectivity index (χ4v) is 15.3. The van der Waals surface area contributed by atoms with Crippen molar-refractivity contribution in [1.29, 1.82) is 0 Å². The van der Waals surface area contributed by atoms with Gasteiger partial charge in [0.05, 0.1) is 11.4 Å². The molecular formula is C115H119Cl12FN6O6Ti6. The van der Waals surface area contributed by atoms with Crippen molar-refractivity contribution in [3.8, 4) is 101 Å². The SMILES string of the molecule is CC(C)(C)C1CCC(N=Cc2cccc(-c3ccccc3)c2O)CC1.CC(C)N=Cc1cccc(-c2ccccc2)c1O.CCC(CC)N=Cc1cccc(-c2ccccc2)c1O.Cc1cc(C=Nc2ccccc2)c(O)c(-c2ccccc2)c1.Oc1c(C=NC2CCCCC2)cccc1-c1ccccc1.Oc1c(C=Nc2ccccc2)cc(F)cc1-c1ccccc1.[Cl][Ti][Cl].[Cl][Ti][Cl].[Cl][Ti][Cl].[Cl][Ti][Cl].[Cl][Ti][Cl].[Cl][Ti][Cl]. The Balaban J connectivity index is 0.000000298. The molecule has 0 amide bonds. The zero-order valence-electron chi connectivity index (χ0n) is 82.2. The first-order chi connectivity index (χ1) is 70.7. The number of phenolic OH excluding ortho intramolecular Hbond substituents is 6. The number of benzene rings is 14. The van der Waals surface area contributed by atoms with Gasteiger partial charge in [-0.1, -0.05) is 321 Å². The first-order valence-corrected chi connectivity index (χ1v) is 72.5. The average Bonchev–Trinajstić information content (AvgIpc) is 0.742. The Bertz CT molecular complexity index is 5990. The molecular weight excluding hydrogens is 2290 g/mol. The van der Waals surface area contributed by atoms with Crippen LogP contribution in [0.15, 0.2) is 370 Å². The van der Waals surface area contributed by atoms with Crippen LogP contribution in [0.3, 0.4) is 0 Å². The Morgan fingerprint density at radius 2 is 0.562 bits per heavy atom. The summed E-state index contributed by atoms with van der Waals surface area (Å²) in [4.78, 5) is 27.0. The van der Waals surface area contributed by atoms with Crippen molar-refractivity contribution in [2.75, 3.05) is 0 Å². The van der Waals surface area contributed by atoms with Crippen LogP contribution in [0.2, 0.25) is 0 Å². The monoisotopic (exact) mass is 2410 g/mol. The third-order valence-electron chi connectivity index (χ3n) is 22.6. The van der Waals surface area contributed by atoms with Crippen LogP contribution in [0.1, 0.15) is 158 Å². The Morgan fingerprint density at radius 3 is 0.856 bits per heavy atom. The summed E-state index contributed by atoms with van der Waals surface area (Å²) < 4.78 is 13.8. The summed E-state index contributed by atoms with van der Waals surface area (Å²) in [5.74, 6) is 1.90. The van der Waals surface area contributed by atoms with Crippen LogP contribution >= 0.6 is 112 Å². The number of aromatic hydroxyl groups is 6. The van der Waals surface area contributed by atoms with E-state index in [2.05, 4.69) is 59.6 Å². The van der Waals surface area contributed by atoms with Crippen molar-refractivity contribution in [3.63, 3.8) is 0 Å². The molecule has 12 nitrogen and oxygen atoms in total. The quantitative estimate of drug-likeness (QED) is 0.0324. The number of para-hydroxylation sites is 6. The number of hydrogen-bond donors (Lipinski definition) is 6. The molecule has 0 radical (unpaired) electrons. The molecule has 14 aromatic carbocycles. The molecule has 0 saturated heterocycles. The van der Waals surface area contributed by atoms with Crippen LogP contribution in [-0.4, -0.2) is 92.1 Å². The van der Waals surface area contributed by atoms with Gasteiger partial charge >= 0.3 is 214 Å². The van der Waals surface area contributed by atoms with Gasteiger partial charge in [-0.2, -0.15) is 0 Å². The van der Waals surface area contributed by atoms with E-state index in [1.807, 2.05) is 361 Å². The van der Waals surface area contributed by atoms with E-state index in [1.54, 1.807) is 18.6 Å². The van der Waals surface area contributed by atoms with Crippen LogP contribution < -0.4 is 0 Å². The molecule has 2 saturated carbocycles. The van der Waals surface area contributed by atoms with E-state index in [-0.39, 0.29) is 23.3 Å². The van der Waals surface area contributed by atoms with Gasteiger partial charge in [0.2, 0.25) is 0 Å². The number of nitrogens with zero attached hydrogens (tertiary/aromatic N) is 6. The Kier molecular flexibility index (Phi) is 69.3. The van der Waals surface area contributed by atoms with E-state index in [0.717, 1.165) is 138 Å². The van der Waals surface area contributed by atoms with Crippen molar-refractivity contribution in [2.24, 2.45) is 41.3 Å². The molecule has 0 heterocycles. The number of hydrogen-bond acceptors (Lipinski definition) is 12. The molecule has 0 aliphatic heterocycles. The fourth-order valence-electron chi connectivity index (χ4n) is 15.3. The zero-order valence-corrected chi connectivity index (χ0v) is 101. The van der Waals surface area contributed by atoms with Gasteiger partial charge in [0, 0.05) is 128 Å². The molecule has 0 atom stereocenters. The molecule has 16 rings (SSSR count). The average molecular weight is 2410 g/mol. The molecule has 0 bridgehead atoms. The molecule has 760 valence electrons. The predicted octanol–water partition coefficient (Wildman–Crippen LogP) is 37.8. The van der Waals surface area contributed by atoms with Gasteiger partial charge < -0.3 is 30.6 Å². The Morgan fingerprint density at radius 1 is 0.301 bits per heavy atom. The molecule has 6 N–H and O–H groups in total. The molecule has 0 aromatic heterocycles. The zero-order chi connectivity index (χ0) is 107. The van der Waals surface area contributed by atoms with E-state index in [4.69, 9.17) is 117 Å². The summed E-state index contributed by atoms with van der Waals surface area (Å²) in [6.45, 7) is 17.3. The first-order valence-electron chi connectivity index (χ1n) is 46.8. The van der Waals surface area contributed by atoms with Crippen molar-refractivity contribution in [2.45, 2.75) is 150 Å². The van der Waals surface area contributed by atoms with Gasteiger partial charge in [0.15, 0.2) is 0 Å². The van der Waals surface area contributed by atoms with Crippen molar-refractivity contribution in [3.05, 3.63) is 384 Å². The second-order valence-electron chi connectivity index (χ2n) is 33.8. The van der Waals surface area contributed by atoms with Crippen LogP contribution in [0.5, 0.6) is 34.5 Å². The summed E-state index contributed by atoms with van der Waals surface area (Å²) in [6.07, 6.45) is 23.5. The van der Waals surface area contributed by atoms with Crippen molar-refractivity contribution < 1.29 is 137 Å². The number of rotatable bonds is 20. The molecule has 0 unspecified atom stereocenters. The molecule has 2 aliphatic carbocycles. The second kappa shape index (κ2) is 77.8. The van der Waals surface area contributed by atoms with Gasteiger partial charge in [-0.05, 0) is 195 Å². The first kappa shape index (κ1) is 130. The maximum absolute atomic E-state index is 13.8.